The van der Waals surface area contributed by atoms with Gasteiger partial charge in [0.1, 0.15) is 0 Å². The van der Waals surface area contributed by atoms with Crippen LogP contribution in [0, 0.1) is 12.8 Å². The van der Waals surface area contributed by atoms with Gasteiger partial charge in [-0.15, -0.1) is 0 Å². The average molecular weight is 252 g/mol. The Morgan fingerprint density at radius 1 is 1.44 bits per heavy atom. The minimum atomic E-state index is -0.196. The number of likely N-dealkylation sites (tertiary alicyclic amines) is 1. The third kappa shape index (κ3) is 2.37. The lowest BCUT2D eigenvalue weighted by Gasteiger charge is -2.30. The van der Waals surface area contributed by atoms with Crippen LogP contribution in [0.2, 0.25) is 0 Å². The summed E-state index contributed by atoms with van der Waals surface area (Å²) in [5.41, 5.74) is 0.593. The molecule has 2 heterocycles. The lowest BCUT2D eigenvalue weighted by atomic mass is 9.97. The standard InChI is InChI=1S/C12H16N2O4/c1-8-10(18-7-13-8)11(15)14-5-3-9(4-6-14)12(16)17-2/h7,9H,3-6H2,1-2H3. The molecular formula is C12H16N2O4. The summed E-state index contributed by atoms with van der Waals surface area (Å²) in [4.78, 5) is 29.1. The third-order valence-electron chi connectivity index (χ3n) is 3.26. The van der Waals surface area contributed by atoms with Crippen LogP contribution in [0.3, 0.4) is 0 Å². The fourth-order valence-corrected chi connectivity index (χ4v) is 2.14. The van der Waals surface area contributed by atoms with Crippen molar-refractivity contribution in [2.45, 2.75) is 19.8 Å². The van der Waals surface area contributed by atoms with Crippen molar-refractivity contribution in [2.24, 2.45) is 5.92 Å². The highest BCUT2D eigenvalue weighted by molar-refractivity contribution is 5.92. The van der Waals surface area contributed by atoms with Gasteiger partial charge in [0, 0.05) is 13.1 Å². The molecule has 1 aliphatic rings. The van der Waals surface area contributed by atoms with Crippen molar-refractivity contribution in [3.05, 3.63) is 17.8 Å². The first-order chi connectivity index (χ1) is 8.63. The summed E-state index contributed by atoms with van der Waals surface area (Å²) in [7, 11) is 1.39. The predicted molar refractivity (Wildman–Crippen MR) is 61.9 cm³/mol. The van der Waals surface area contributed by atoms with E-state index in [9.17, 15) is 9.59 Å². The molecule has 1 saturated heterocycles. The molecule has 18 heavy (non-hydrogen) atoms. The quantitative estimate of drug-likeness (QED) is 0.734. The molecule has 0 aromatic carbocycles. The highest BCUT2D eigenvalue weighted by Crippen LogP contribution is 2.20. The number of carbonyl (C=O) groups excluding carboxylic acids is 2. The molecular weight excluding hydrogens is 236 g/mol. The van der Waals surface area contributed by atoms with Gasteiger partial charge < -0.3 is 14.1 Å². The molecule has 0 unspecified atom stereocenters. The van der Waals surface area contributed by atoms with E-state index in [-0.39, 0.29) is 23.6 Å². The molecule has 2 rings (SSSR count). The van der Waals surface area contributed by atoms with Crippen LogP contribution in [0.4, 0.5) is 0 Å². The number of ether oxygens (including phenoxy) is 1. The fourth-order valence-electron chi connectivity index (χ4n) is 2.14. The SMILES string of the molecule is COC(=O)C1CCN(C(=O)c2ocnc2C)CC1. The van der Waals surface area contributed by atoms with Crippen LogP contribution in [0.5, 0.6) is 0 Å². The van der Waals surface area contributed by atoms with Crippen LogP contribution in [0.15, 0.2) is 10.8 Å². The molecule has 1 aromatic rings. The maximum Gasteiger partial charge on any atom is 0.308 e. The Morgan fingerprint density at radius 3 is 2.61 bits per heavy atom. The van der Waals surface area contributed by atoms with E-state index < -0.39 is 0 Å². The third-order valence-corrected chi connectivity index (χ3v) is 3.26. The number of carbonyl (C=O) groups is 2. The van der Waals surface area contributed by atoms with E-state index in [2.05, 4.69) is 4.98 Å². The number of esters is 1. The van der Waals surface area contributed by atoms with Gasteiger partial charge in [-0.1, -0.05) is 0 Å². The Balaban J connectivity index is 1.96. The van der Waals surface area contributed by atoms with Crippen molar-refractivity contribution in [1.29, 1.82) is 0 Å². The number of hydrogen-bond donors (Lipinski definition) is 0. The topological polar surface area (TPSA) is 72.6 Å². The molecule has 98 valence electrons. The summed E-state index contributed by atoms with van der Waals surface area (Å²) in [5, 5.41) is 0. The summed E-state index contributed by atoms with van der Waals surface area (Å²) < 4.78 is 9.79. The summed E-state index contributed by atoms with van der Waals surface area (Å²) in [6.45, 7) is 2.81. The van der Waals surface area contributed by atoms with Crippen molar-refractivity contribution in [3.8, 4) is 0 Å². The lowest BCUT2D eigenvalue weighted by molar-refractivity contribution is -0.146. The zero-order valence-electron chi connectivity index (χ0n) is 10.5. The number of aromatic nitrogens is 1. The van der Waals surface area contributed by atoms with Gasteiger partial charge in [0.2, 0.25) is 5.76 Å². The summed E-state index contributed by atoms with van der Waals surface area (Å²) in [6.07, 6.45) is 2.53. The number of methoxy groups -OCH3 is 1. The smallest absolute Gasteiger partial charge is 0.308 e. The van der Waals surface area contributed by atoms with Crippen LogP contribution in [0.25, 0.3) is 0 Å². The van der Waals surface area contributed by atoms with Crippen LogP contribution in [-0.4, -0.2) is 42.0 Å². The van der Waals surface area contributed by atoms with Crippen molar-refractivity contribution < 1.29 is 18.7 Å². The molecule has 0 spiro atoms. The fraction of sp³-hybridized carbons (Fsp3) is 0.583. The number of oxazole rings is 1. The van der Waals surface area contributed by atoms with Crippen LogP contribution < -0.4 is 0 Å². The highest BCUT2D eigenvalue weighted by atomic mass is 16.5. The van der Waals surface area contributed by atoms with Gasteiger partial charge in [-0.2, -0.15) is 0 Å². The van der Waals surface area contributed by atoms with Gasteiger partial charge in [-0.05, 0) is 19.8 Å². The largest absolute Gasteiger partial charge is 0.469 e. The maximum absolute atomic E-state index is 12.1. The van der Waals surface area contributed by atoms with E-state index in [4.69, 9.17) is 9.15 Å². The van der Waals surface area contributed by atoms with Gasteiger partial charge in [0.05, 0.1) is 18.7 Å². The number of piperidine rings is 1. The van der Waals surface area contributed by atoms with E-state index in [1.165, 1.54) is 13.5 Å². The number of aryl methyl sites for hydroxylation is 1. The van der Waals surface area contributed by atoms with Crippen molar-refractivity contribution in [1.82, 2.24) is 9.88 Å². The first-order valence-corrected chi connectivity index (χ1v) is 5.90. The van der Waals surface area contributed by atoms with Gasteiger partial charge in [-0.25, -0.2) is 4.98 Å². The van der Waals surface area contributed by atoms with Crippen LogP contribution in [0.1, 0.15) is 29.1 Å². The van der Waals surface area contributed by atoms with Gasteiger partial charge in [0.25, 0.3) is 5.91 Å². The first-order valence-electron chi connectivity index (χ1n) is 5.90. The maximum atomic E-state index is 12.1. The lowest BCUT2D eigenvalue weighted by Crippen LogP contribution is -2.40. The van der Waals surface area contributed by atoms with Crippen molar-refractivity contribution in [2.75, 3.05) is 20.2 Å². The molecule has 1 fully saturated rings. The van der Waals surface area contributed by atoms with E-state index in [1.54, 1.807) is 11.8 Å². The molecule has 1 aliphatic heterocycles. The van der Waals surface area contributed by atoms with Gasteiger partial charge >= 0.3 is 5.97 Å². The molecule has 0 radical (unpaired) electrons. The van der Waals surface area contributed by atoms with Gasteiger partial charge in [0.15, 0.2) is 6.39 Å². The number of hydrogen-bond acceptors (Lipinski definition) is 5. The molecule has 1 amide bonds. The normalized spacial score (nSPS) is 16.7. The second-order valence-corrected chi connectivity index (χ2v) is 4.36. The Labute approximate surface area is 105 Å². The van der Waals surface area contributed by atoms with E-state index >= 15 is 0 Å². The minimum absolute atomic E-state index is 0.102. The minimum Gasteiger partial charge on any atom is -0.469 e. The number of nitrogens with zero attached hydrogens (tertiary/aromatic N) is 2. The number of rotatable bonds is 2. The van der Waals surface area contributed by atoms with Gasteiger partial charge in [-0.3, -0.25) is 9.59 Å². The van der Waals surface area contributed by atoms with Crippen molar-refractivity contribution >= 4 is 11.9 Å². The Hall–Kier alpha value is -1.85. The Bertz CT molecular complexity index is 447. The monoisotopic (exact) mass is 252 g/mol. The number of amides is 1. The molecule has 0 saturated carbocycles. The first kappa shape index (κ1) is 12.6. The average Bonchev–Trinajstić information content (AvgIpc) is 2.83. The molecule has 6 heteroatoms. The van der Waals surface area contributed by atoms with E-state index in [0.717, 1.165) is 0 Å². The predicted octanol–water partition coefficient (Wildman–Crippen LogP) is 1.01. The molecule has 0 N–H and O–H groups in total. The molecule has 1 aromatic heterocycles. The highest BCUT2D eigenvalue weighted by Gasteiger charge is 2.30. The van der Waals surface area contributed by atoms with Crippen molar-refractivity contribution in [3.63, 3.8) is 0 Å². The summed E-state index contributed by atoms with van der Waals surface area (Å²) in [6, 6.07) is 0. The van der Waals surface area contributed by atoms with E-state index in [1.807, 2.05) is 0 Å². The zero-order valence-corrected chi connectivity index (χ0v) is 10.5. The van der Waals surface area contributed by atoms with Crippen LogP contribution in [-0.2, 0) is 9.53 Å². The van der Waals surface area contributed by atoms with E-state index in [0.29, 0.717) is 31.6 Å². The molecule has 0 bridgehead atoms. The zero-order chi connectivity index (χ0) is 13.1. The second kappa shape index (κ2) is 5.20. The molecule has 0 aliphatic carbocycles. The molecule has 6 nitrogen and oxygen atoms in total. The summed E-state index contributed by atoms with van der Waals surface area (Å²) in [5.74, 6) is -0.173. The van der Waals surface area contributed by atoms with Crippen LogP contribution >= 0.6 is 0 Å². The second-order valence-electron chi connectivity index (χ2n) is 4.36. The molecule has 0 atom stereocenters. The summed E-state index contributed by atoms with van der Waals surface area (Å²) >= 11 is 0. The Kier molecular flexibility index (Phi) is 3.64. The Morgan fingerprint density at radius 2 is 2.11 bits per heavy atom.